The van der Waals surface area contributed by atoms with Crippen LogP contribution in [0.25, 0.3) is 22.4 Å². The van der Waals surface area contributed by atoms with Crippen molar-refractivity contribution in [3.05, 3.63) is 75.9 Å². The molecule has 0 saturated heterocycles. The molecule has 0 bridgehead atoms. The Morgan fingerprint density at radius 1 is 1.04 bits per heavy atom. The third-order valence-corrected chi connectivity index (χ3v) is 4.80. The molecule has 3 N–H and O–H groups in total. The summed E-state index contributed by atoms with van der Waals surface area (Å²) in [5.74, 6) is -1.01. The van der Waals surface area contributed by atoms with Crippen molar-refractivity contribution in [2.24, 2.45) is 5.73 Å². The molecule has 0 aliphatic heterocycles. The zero-order valence-corrected chi connectivity index (χ0v) is 15.8. The molecule has 0 aliphatic carbocycles. The van der Waals surface area contributed by atoms with E-state index in [-0.39, 0.29) is 16.5 Å². The van der Waals surface area contributed by atoms with Gasteiger partial charge in [-0.05, 0) is 42.0 Å². The number of carbonyl (C=O) groups is 2. The first-order chi connectivity index (χ1) is 12.9. The molecular formula is C20H15Cl2N3O2. The molecule has 3 aromatic rings. The third kappa shape index (κ3) is 3.65. The van der Waals surface area contributed by atoms with Gasteiger partial charge in [0.2, 0.25) is 5.91 Å². The molecule has 0 radical (unpaired) electrons. The number of benzene rings is 2. The van der Waals surface area contributed by atoms with Gasteiger partial charge in [0.15, 0.2) is 0 Å². The average molecular weight is 400 g/mol. The molecule has 0 atom stereocenters. The Hall–Kier alpha value is -2.89. The first kappa shape index (κ1) is 18.9. The second kappa shape index (κ2) is 7.78. The molecule has 7 heteroatoms. The molecule has 2 amide bonds. The predicted molar refractivity (Wildman–Crippen MR) is 107 cm³/mol. The monoisotopic (exact) mass is 399 g/mol. The van der Waals surface area contributed by atoms with Gasteiger partial charge < -0.3 is 11.1 Å². The molecule has 0 saturated carbocycles. The van der Waals surface area contributed by atoms with Crippen molar-refractivity contribution in [1.82, 2.24) is 10.3 Å². The molecule has 0 aliphatic rings. The predicted octanol–water partition coefficient (Wildman–Crippen LogP) is 4.18. The van der Waals surface area contributed by atoms with Gasteiger partial charge in [0.1, 0.15) is 0 Å². The number of aromatic nitrogens is 1. The smallest absolute Gasteiger partial charge is 0.251 e. The molecule has 27 heavy (non-hydrogen) atoms. The fourth-order valence-electron chi connectivity index (χ4n) is 2.77. The topological polar surface area (TPSA) is 85.1 Å². The molecule has 0 fully saturated rings. The first-order valence-corrected chi connectivity index (χ1v) is 8.75. The number of nitrogens with zero attached hydrogens (tertiary/aromatic N) is 1. The van der Waals surface area contributed by atoms with E-state index in [4.69, 9.17) is 28.9 Å². The average Bonchev–Trinajstić information content (AvgIpc) is 2.68. The van der Waals surface area contributed by atoms with Crippen molar-refractivity contribution in [2.75, 3.05) is 7.05 Å². The summed E-state index contributed by atoms with van der Waals surface area (Å²) in [5.41, 5.74) is 8.24. The number of halogens is 2. The molecule has 5 nitrogen and oxygen atoms in total. The normalized spacial score (nSPS) is 10.5. The molecule has 0 unspecified atom stereocenters. The maximum Gasteiger partial charge on any atom is 0.251 e. The standard InChI is InChI=1S/C20H15Cl2N3O2/c1-24-20(27)12-6-7-13(19(23)26)18(22)17(12)11-5-8-15(21)14(10-11)16-4-2-3-9-25-16/h2-10H,1H3,(H2,23,26)(H,24,27). The van der Waals surface area contributed by atoms with Crippen LogP contribution in [0.4, 0.5) is 0 Å². The van der Waals surface area contributed by atoms with Crippen LogP contribution in [0.1, 0.15) is 20.7 Å². The van der Waals surface area contributed by atoms with Crippen LogP contribution in [0.3, 0.4) is 0 Å². The van der Waals surface area contributed by atoms with Crippen molar-refractivity contribution in [3.63, 3.8) is 0 Å². The second-order valence-electron chi connectivity index (χ2n) is 5.70. The first-order valence-electron chi connectivity index (χ1n) is 7.99. The van der Waals surface area contributed by atoms with E-state index >= 15 is 0 Å². The molecule has 136 valence electrons. The van der Waals surface area contributed by atoms with E-state index in [0.717, 1.165) is 0 Å². The van der Waals surface area contributed by atoms with Gasteiger partial charge in [-0.1, -0.05) is 35.3 Å². The lowest BCUT2D eigenvalue weighted by Gasteiger charge is -2.15. The van der Waals surface area contributed by atoms with Crippen molar-refractivity contribution >= 4 is 35.0 Å². The van der Waals surface area contributed by atoms with Gasteiger partial charge in [-0.25, -0.2) is 0 Å². The zero-order valence-electron chi connectivity index (χ0n) is 14.3. The van der Waals surface area contributed by atoms with Crippen molar-refractivity contribution in [3.8, 4) is 22.4 Å². The van der Waals surface area contributed by atoms with Gasteiger partial charge in [-0.3, -0.25) is 14.6 Å². The molecule has 2 aromatic carbocycles. The third-order valence-electron chi connectivity index (χ3n) is 4.07. The van der Waals surface area contributed by atoms with E-state index in [2.05, 4.69) is 10.3 Å². The Bertz CT molecular complexity index is 1040. The lowest BCUT2D eigenvalue weighted by molar-refractivity contribution is 0.0960. The van der Waals surface area contributed by atoms with Crippen LogP contribution in [0, 0.1) is 0 Å². The largest absolute Gasteiger partial charge is 0.366 e. The number of rotatable bonds is 4. The second-order valence-corrected chi connectivity index (χ2v) is 6.49. The van der Waals surface area contributed by atoms with Crippen LogP contribution in [-0.2, 0) is 0 Å². The molecule has 1 aromatic heterocycles. The van der Waals surface area contributed by atoms with Gasteiger partial charge in [0.05, 0.1) is 16.3 Å². The molecule has 0 spiro atoms. The van der Waals surface area contributed by atoms with Gasteiger partial charge in [-0.2, -0.15) is 0 Å². The Balaban J connectivity index is 2.28. The van der Waals surface area contributed by atoms with E-state index in [9.17, 15) is 9.59 Å². The fraction of sp³-hybridized carbons (Fsp3) is 0.0500. The summed E-state index contributed by atoms with van der Waals surface area (Å²) < 4.78 is 0. The number of nitrogens with one attached hydrogen (secondary N) is 1. The summed E-state index contributed by atoms with van der Waals surface area (Å²) in [6.45, 7) is 0. The lowest BCUT2D eigenvalue weighted by Crippen LogP contribution is -2.20. The highest BCUT2D eigenvalue weighted by Crippen LogP contribution is 2.38. The number of amides is 2. The fourth-order valence-corrected chi connectivity index (χ4v) is 3.35. The Morgan fingerprint density at radius 2 is 1.78 bits per heavy atom. The summed E-state index contributed by atoms with van der Waals surface area (Å²) in [5, 5.41) is 3.18. The minimum atomic E-state index is -0.677. The molecular weight excluding hydrogens is 385 g/mol. The summed E-state index contributed by atoms with van der Waals surface area (Å²) in [7, 11) is 1.52. The number of pyridine rings is 1. The highest BCUT2D eigenvalue weighted by molar-refractivity contribution is 6.37. The van der Waals surface area contributed by atoms with E-state index in [1.54, 1.807) is 30.5 Å². The number of primary amides is 1. The maximum absolute atomic E-state index is 12.3. The highest BCUT2D eigenvalue weighted by Gasteiger charge is 2.21. The highest BCUT2D eigenvalue weighted by atomic mass is 35.5. The van der Waals surface area contributed by atoms with Gasteiger partial charge in [0, 0.05) is 35.0 Å². The SMILES string of the molecule is CNC(=O)c1ccc(C(N)=O)c(Cl)c1-c1ccc(Cl)c(-c2ccccn2)c1. The minimum Gasteiger partial charge on any atom is -0.366 e. The lowest BCUT2D eigenvalue weighted by atomic mass is 9.94. The van der Waals surface area contributed by atoms with Crippen LogP contribution < -0.4 is 11.1 Å². The molecule has 1 heterocycles. The van der Waals surface area contributed by atoms with Gasteiger partial charge >= 0.3 is 0 Å². The molecule has 3 rings (SSSR count). The summed E-state index contributed by atoms with van der Waals surface area (Å²) in [6, 6.07) is 13.6. The van der Waals surface area contributed by atoms with Crippen molar-refractivity contribution < 1.29 is 9.59 Å². The number of hydrogen-bond donors (Lipinski definition) is 2. The van der Waals surface area contributed by atoms with E-state index in [1.165, 1.54) is 19.2 Å². The minimum absolute atomic E-state index is 0.109. The number of nitrogens with two attached hydrogens (primary N) is 1. The van der Waals surface area contributed by atoms with Crippen molar-refractivity contribution in [1.29, 1.82) is 0 Å². The zero-order chi connectivity index (χ0) is 19.6. The van der Waals surface area contributed by atoms with Crippen LogP contribution in [0.5, 0.6) is 0 Å². The van der Waals surface area contributed by atoms with E-state index in [1.807, 2.05) is 12.1 Å². The van der Waals surface area contributed by atoms with Crippen LogP contribution in [0.15, 0.2) is 54.7 Å². The van der Waals surface area contributed by atoms with Crippen LogP contribution >= 0.6 is 23.2 Å². The van der Waals surface area contributed by atoms with Crippen LogP contribution in [-0.4, -0.2) is 23.8 Å². The summed E-state index contributed by atoms with van der Waals surface area (Å²) in [6.07, 6.45) is 1.66. The Morgan fingerprint density at radius 3 is 2.41 bits per heavy atom. The Kier molecular flexibility index (Phi) is 5.44. The Labute approximate surface area is 166 Å². The van der Waals surface area contributed by atoms with Crippen LogP contribution in [0.2, 0.25) is 10.0 Å². The van der Waals surface area contributed by atoms with Gasteiger partial charge in [0.25, 0.3) is 5.91 Å². The summed E-state index contributed by atoms with van der Waals surface area (Å²) >= 11 is 12.8. The maximum atomic E-state index is 12.3. The van der Waals surface area contributed by atoms with Crippen molar-refractivity contribution in [2.45, 2.75) is 0 Å². The number of carbonyl (C=O) groups excluding carboxylic acids is 2. The van der Waals surface area contributed by atoms with E-state index in [0.29, 0.717) is 33.0 Å². The van der Waals surface area contributed by atoms with E-state index < -0.39 is 5.91 Å². The van der Waals surface area contributed by atoms with Gasteiger partial charge in [-0.15, -0.1) is 0 Å². The quantitative estimate of drug-likeness (QED) is 0.689. The summed E-state index contributed by atoms with van der Waals surface area (Å²) in [4.78, 5) is 28.4. The number of hydrogen-bond acceptors (Lipinski definition) is 3.